The fourth-order valence-electron chi connectivity index (χ4n) is 9.72. The van der Waals surface area contributed by atoms with E-state index in [0.29, 0.717) is 18.0 Å². The number of carbonyl (C=O) groups is 6. The maximum Gasteiger partial charge on any atom is 0.461 e. The number of carbonyl (C=O) groups excluding carboxylic acids is 6. The number of piperazine rings is 1. The van der Waals surface area contributed by atoms with Gasteiger partial charge >= 0.3 is 37.0 Å². The molecule has 1 aromatic heterocycles. The predicted octanol–water partition coefficient (Wildman–Crippen LogP) is 6.54. The number of Topliss-reactive ketones (excluding diaryl/α,β-unsaturated/α-hetero) is 1. The number of ether oxygens (including phenoxy) is 3. The van der Waals surface area contributed by atoms with E-state index in [4.69, 9.17) is 23.5 Å². The first-order valence-electron chi connectivity index (χ1n) is 21.9. The first kappa shape index (κ1) is 46.2. The van der Waals surface area contributed by atoms with Crippen LogP contribution in [0.2, 0.25) is 5.82 Å². The molecule has 64 heavy (non-hydrogen) atoms. The summed E-state index contributed by atoms with van der Waals surface area (Å²) in [7, 11) is 0.592. The molecule has 3 heterocycles. The van der Waals surface area contributed by atoms with Crippen molar-refractivity contribution in [3.05, 3.63) is 89.2 Å². The molecule has 5 amide bonds. The van der Waals surface area contributed by atoms with Crippen molar-refractivity contribution in [2.75, 3.05) is 32.1 Å². The lowest BCUT2D eigenvalue weighted by molar-refractivity contribution is -0.199. The van der Waals surface area contributed by atoms with Crippen molar-refractivity contribution in [2.24, 2.45) is 17.3 Å². The van der Waals surface area contributed by atoms with Crippen LogP contribution in [0.15, 0.2) is 66.9 Å². The lowest BCUT2D eigenvalue weighted by atomic mass is 9.43. The van der Waals surface area contributed by atoms with Crippen molar-refractivity contribution in [3.8, 4) is 5.75 Å². The zero-order valence-electron chi connectivity index (χ0n) is 37.8. The summed E-state index contributed by atoms with van der Waals surface area (Å²) in [6.45, 7) is 14.0. The Morgan fingerprint density at radius 2 is 1.72 bits per heavy atom. The summed E-state index contributed by atoms with van der Waals surface area (Å²) in [5.41, 5.74) is 0.630. The number of urea groups is 1. The molecule has 0 spiro atoms. The normalized spacial score (nSPS) is 23.3. The lowest BCUT2D eigenvalue weighted by Gasteiger charge is -2.64. The van der Waals surface area contributed by atoms with Gasteiger partial charge in [0, 0.05) is 31.9 Å². The number of nitrogens with zero attached hydrogens (tertiary/aromatic N) is 3. The van der Waals surface area contributed by atoms with Gasteiger partial charge in [-0.1, -0.05) is 56.3 Å². The molecule has 6 atom stereocenters. The fraction of sp³-hybridized carbons (Fsp3) is 0.511. The van der Waals surface area contributed by atoms with Crippen molar-refractivity contribution in [1.29, 1.82) is 0 Å². The van der Waals surface area contributed by atoms with Gasteiger partial charge in [-0.3, -0.25) is 29.6 Å². The van der Waals surface area contributed by atoms with Gasteiger partial charge in [-0.05, 0) is 100 Å². The van der Waals surface area contributed by atoms with Crippen LogP contribution in [0.5, 0.6) is 5.75 Å². The molecule has 2 bridgehead atoms. The number of imide groups is 1. The van der Waals surface area contributed by atoms with Gasteiger partial charge in [0.15, 0.2) is 5.78 Å². The minimum atomic E-state index is -1.43. The average Bonchev–Trinajstić information content (AvgIpc) is 3.62. The second kappa shape index (κ2) is 18.4. The second-order valence-electron chi connectivity index (χ2n) is 18.9. The number of para-hydroxylation sites is 1. The topological polar surface area (TPSA) is 192 Å². The molecule has 8 rings (SSSR count). The van der Waals surface area contributed by atoms with Crippen LogP contribution in [-0.4, -0.2) is 102 Å². The number of benzene rings is 2. The number of rotatable bonds is 14. The number of amides is 5. The maximum atomic E-state index is 15.0. The van der Waals surface area contributed by atoms with E-state index in [1.807, 2.05) is 36.4 Å². The number of pyridine rings is 1. The van der Waals surface area contributed by atoms with E-state index in [1.165, 1.54) is 30.3 Å². The molecule has 2 aromatic carbocycles. The number of aromatic nitrogens is 1. The third-order valence-corrected chi connectivity index (χ3v) is 13.3. The summed E-state index contributed by atoms with van der Waals surface area (Å²) >= 11 is 0. The SMILES string of the molecule is CCN1CCN(C(=O)NC(C(=O)C[C@@H](Cc2cccc(C(=O)OC(C)(C)C)c2OC)B2O[C@@H]3C[C@@H]4C[C@@H](C4(C)C)[C@]3(C)O2)c2ccc(NC(=O)OCc3ccccc3)cn2)C(=O)C1=O. The molecule has 16 nitrogen and oxygen atoms in total. The number of hydrogen-bond acceptors (Lipinski definition) is 12. The first-order valence-corrected chi connectivity index (χ1v) is 21.9. The standard InChI is InChI=1S/C47H58BN5O11/c1-9-52-20-21-53(41(56)40(52)55)43(58)51-38(34-19-18-32(26-49-34)50-44(59)61-27-28-14-11-10-12-15-28)35(54)25-31(48-63-37-24-30-23-36(46(30,5)6)47(37,7)64-48)22-29-16-13-17-33(39(29)60-8)42(57)62-45(2,3)4/h10-19,26,30-31,36-38H,9,20-25,27H2,1-8H3,(H,50,59)(H,51,58)/t30-,31+,36-,37+,38?,47-/m0/s1. The molecular formula is C47H58BN5O11. The molecule has 5 fully saturated rings. The van der Waals surface area contributed by atoms with Crippen molar-refractivity contribution >= 4 is 48.5 Å². The van der Waals surface area contributed by atoms with Crippen LogP contribution in [0.4, 0.5) is 15.3 Å². The molecule has 2 saturated heterocycles. The van der Waals surface area contributed by atoms with Crippen LogP contribution < -0.4 is 15.4 Å². The molecule has 5 aliphatic rings. The largest absolute Gasteiger partial charge is 0.496 e. The summed E-state index contributed by atoms with van der Waals surface area (Å²) < 4.78 is 30.6. The monoisotopic (exact) mass is 879 g/mol. The van der Waals surface area contributed by atoms with Gasteiger partial charge in [0.05, 0.1) is 36.4 Å². The van der Waals surface area contributed by atoms with E-state index in [2.05, 4.69) is 36.4 Å². The van der Waals surface area contributed by atoms with Crippen molar-refractivity contribution in [2.45, 2.75) is 110 Å². The Morgan fingerprint density at radius 3 is 2.38 bits per heavy atom. The average molecular weight is 880 g/mol. The Kier molecular flexibility index (Phi) is 13.2. The Bertz CT molecular complexity index is 2270. The van der Waals surface area contributed by atoms with E-state index in [-0.39, 0.29) is 72.7 Å². The summed E-state index contributed by atoms with van der Waals surface area (Å²) in [5.74, 6) is -2.63. The van der Waals surface area contributed by atoms with Crippen molar-refractivity contribution in [1.82, 2.24) is 20.1 Å². The molecule has 0 radical (unpaired) electrons. The smallest absolute Gasteiger partial charge is 0.461 e. The van der Waals surface area contributed by atoms with Crippen LogP contribution >= 0.6 is 0 Å². The predicted molar refractivity (Wildman–Crippen MR) is 235 cm³/mol. The van der Waals surface area contributed by atoms with E-state index in [9.17, 15) is 28.8 Å². The molecule has 340 valence electrons. The van der Waals surface area contributed by atoms with E-state index >= 15 is 0 Å². The third kappa shape index (κ3) is 9.51. The Hall–Kier alpha value is -5.81. The summed E-state index contributed by atoms with van der Waals surface area (Å²) in [4.78, 5) is 87.6. The number of methoxy groups -OCH3 is 1. The molecule has 2 N–H and O–H groups in total. The summed E-state index contributed by atoms with van der Waals surface area (Å²) in [5, 5.41) is 5.32. The van der Waals surface area contributed by atoms with Crippen LogP contribution in [0.25, 0.3) is 0 Å². The quantitative estimate of drug-likeness (QED) is 0.101. The number of ketones is 1. The van der Waals surface area contributed by atoms with Gasteiger partial charge in [-0.2, -0.15) is 0 Å². The van der Waals surface area contributed by atoms with E-state index in [0.717, 1.165) is 23.3 Å². The molecule has 17 heteroatoms. The fourth-order valence-corrected chi connectivity index (χ4v) is 9.72. The number of nitrogens with one attached hydrogen (secondary N) is 2. The zero-order chi connectivity index (χ0) is 46.1. The molecule has 2 aliphatic heterocycles. The Balaban J connectivity index is 1.19. The maximum absolute atomic E-state index is 15.0. The zero-order valence-corrected chi connectivity index (χ0v) is 37.8. The van der Waals surface area contributed by atoms with Gasteiger partial charge in [0.1, 0.15) is 29.6 Å². The highest BCUT2D eigenvalue weighted by atomic mass is 16.7. The highest BCUT2D eigenvalue weighted by molar-refractivity contribution is 6.48. The van der Waals surface area contributed by atoms with Crippen LogP contribution in [0.3, 0.4) is 0 Å². The second-order valence-corrected chi connectivity index (χ2v) is 18.9. The summed E-state index contributed by atoms with van der Waals surface area (Å²) in [6.07, 6.45) is 2.12. The van der Waals surface area contributed by atoms with Gasteiger partial charge in [-0.25, -0.2) is 14.4 Å². The van der Waals surface area contributed by atoms with E-state index < -0.39 is 65.9 Å². The minimum Gasteiger partial charge on any atom is -0.496 e. The number of hydrogen-bond donors (Lipinski definition) is 2. The lowest BCUT2D eigenvalue weighted by Crippen LogP contribution is -2.65. The highest BCUT2D eigenvalue weighted by Crippen LogP contribution is 2.66. The Morgan fingerprint density at radius 1 is 0.969 bits per heavy atom. The van der Waals surface area contributed by atoms with Crippen LogP contribution in [-0.2, 0) is 46.2 Å². The van der Waals surface area contributed by atoms with Gasteiger partial charge in [0.2, 0.25) is 0 Å². The summed E-state index contributed by atoms with van der Waals surface area (Å²) in [6, 6.07) is 14.9. The molecule has 3 aliphatic carbocycles. The molecule has 3 aromatic rings. The van der Waals surface area contributed by atoms with Crippen molar-refractivity contribution in [3.63, 3.8) is 0 Å². The van der Waals surface area contributed by atoms with Gasteiger partial charge in [0.25, 0.3) is 0 Å². The van der Waals surface area contributed by atoms with Crippen LogP contribution in [0.1, 0.15) is 101 Å². The minimum absolute atomic E-state index is 0.0419. The number of anilines is 1. The number of likely N-dealkylation sites (N-methyl/N-ethyl adjacent to an activating group) is 1. The highest BCUT2D eigenvalue weighted by Gasteiger charge is 2.68. The van der Waals surface area contributed by atoms with E-state index in [1.54, 1.807) is 39.8 Å². The van der Waals surface area contributed by atoms with Gasteiger partial charge in [-0.15, -0.1) is 0 Å². The van der Waals surface area contributed by atoms with Gasteiger partial charge < -0.3 is 33.7 Å². The number of esters is 1. The Labute approximate surface area is 374 Å². The molecular weight excluding hydrogens is 821 g/mol. The first-order chi connectivity index (χ1) is 30.3. The third-order valence-electron chi connectivity index (χ3n) is 13.3. The van der Waals surface area contributed by atoms with Crippen molar-refractivity contribution < 1.29 is 52.3 Å². The molecule has 3 saturated carbocycles. The van der Waals surface area contributed by atoms with Crippen LogP contribution in [0, 0.1) is 17.3 Å². The molecule has 1 unspecified atom stereocenters.